The van der Waals surface area contributed by atoms with Crippen molar-refractivity contribution in [3.8, 4) is 11.4 Å². The Labute approximate surface area is 200 Å². The molecule has 3 aromatic carbocycles. The van der Waals surface area contributed by atoms with Gasteiger partial charge in [-0.05, 0) is 78.8 Å². The number of fused-ring (bicyclic) bond motifs is 1. The molecule has 0 unspecified atom stereocenters. The van der Waals surface area contributed by atoms with E-state index in [4.69, 9.17) is 4.98 Å². The fraction of sp³-hybridized carbons (Fsp3) is 0.286. The van der Waals surface area contributed by atoms with Crippen LogP contribution in [0.2, 0.25) is 0 Å². The highest BCUT2D eigenvalue weighted by Crippen LogP contribution is 2.27. The molecule has 0 saturated heterocycles. The SMILES string of the molecule is CCCCn1c(-c2ccc(NC(=O)Cc3ccc(SCC)cc3)cc2)nc2ccc(C)cc21. The monoisotopic (exact) mass is 457 g/mol. The van der Waals surface area contributed by atoms with Crippen molar-refractivity contribution in [2.24, 2.45) is 0 Å². The molecular formula is C28H31N3OS. The summed E-state index contributed by atoms with van der Waals surface area (Å²) in [6.07, 6.45) is 2.61. The molecule has 1 amide bonds. The number of amides is 1. The molecule has 1 N–H and O–H groups in total. The lowest BCUT2D eigenvalue weighted by Crippen LogP contribution is -2.14. The molecule has 0 aliphatic rings. The first-order valence-electron chi connectivity index (χ1n) is 11.7. The molecule has 0 spiro atoms. The average molecular weight is 458 g/mol. The van der Waals surface area contributed by atoms with Crippen LogP contribution in [0.1, 0.15) is 37.8 Å². The highest BCUT2D eigenvalue weighted by molar-refractivity contribution is 7.99. The van der Waals surface area contributed by atoms with E-state index in [0.29, 0.717) is 6.42 Å². The van der Waals surface area contributed by atoms with Gasteiger partial charge in [-0.15, -0.1) is 11.8 Å². The van der Waals surface area contributed by atoms with E-state index < -0.39 is 0 Å². The Morgan fingerprint density at radius 1 is 1.00 bits per heavy atom. The number of nitrogens with one attached hydrogen (secondary N) is 1. The summed E-state index contributed by atoms with van der Waals surface area (Å²) in [5.41, 5.74) is 6.32. The van der Waals surface area contributed by atoms with Gasteiger partial charge >= 0.3 is 0 Å². The van der Waals surface area contributed by atoms with Crippen LogP contribution in [-0.4, -0.2) is 21.2 Å². The fourth-order valence-corrected chi connectivity index (χ4v) is 4.62. The Hall–Kier alpha value is -3.05. The first-order chi connectivity index (χ1) is 16.1. The van der Waals surface area contributed by atoms with Crippen LogP contribution in [-0.2, 0) is 17.8 Å². The molecule has 33 heavy (non-hydrogen) atoms. The zero-order chi connectivity index (χ0) is 23.2. The Bertz CT molecular complexity index is 1230. The predicted molar refractivity (Wildman–Crippen MR) is 140 cm³/mol. The maximum Gasteiger partial charge on any atom is 0.228 e. The smallest absolute Gasteiger partial charge is 0.228 e. The maximum absolute atomic E-state index is 12.5. The number of aromatic nitrogens is 2. The third-order valence-electron chi connectivity index (χ3n) is 5.66. The minimum Gasteiger partial charge on any atom is -0.326 e. The van der Waals surface area contributed by atoms with Gasteiger partial charge in [0, 0.05) is 22.7 Å². The first-order valence-corrected chi connectivity index (χ1v) is 12.6. The summed E-state index contributed by atoms with van der Waals surface area (Å²) in [4.78, 5) is 18.7. The van der Waals surface area contributed by atoms with Crippen LogP contribution in [0.3, 0.4) is 0 Å². The number of rotatable bonds is 9. The van der Waals surface area contributed by atoms with E-state index >= 15 is 0 Å². The number of nitrogens with zero attached hydrogens (tertiary/aromatic N) is 2. The van der Waals surface area contributed by atoms with Gasteiger partial charge in [-0.3, -0.25) is 4.79 Å². The van der Waals surface area contributed by atoms with Crippen LogP contribution in [0.15, 0.2) is 71.6 Å². The van der Waals surface area contributed by atoms with Crippen LogP contribution >= 0.6 is 11.8 Å². The molecule has 4 aromatic rings. The van der Waals surface area contributed by atoms with Crippen molar-refractivity contribution in [3.05, 3.63) is 77.9 Å². The molecule has 1 aromatic heterocycles. The number of anilines is 1. The van der Waals surface area contributed by atoms with Gasteiger partial charge in [0.25, 0.3) is 0 Å². The van der Waals surface area contributed by atoms with Crippen LogP contribution in [0.25, 0.3) is 22.4 Å². The molecule has 5 heteroatoms. The number of benzene rings is 3. The van der Waals surface area contributed by atoms with E-state index in [1.807, 2.05) is 36.4 Å². The molecule has 0 fully saturated rings. The molecule has 0 saturated carbocycles. The summed E-state index contributed by atoms with van der Waals surface area (Å²) < 4.78 is 2.32. The minimum absolute atomic E-state index is 0.00990. The third kappa shape index (κ3) is 5.66. The average Bonchev–Trinajstić information content (AvgIpc) is 3.17. The van der Waals surface area contributed by atoms with Gasteiger partial charge in [0.05, 0.1) is 17.5 Å². The summed E-state index contributed by atoms with van der Waals surface area (Å²) >= 11 is 1.80. The van der Waals surface area contributed by atoms with Gasteiger partial charge in [-0.2, -0.15) is 0 Å². The number of hydrogen-bond acceptors (Lipinski definition) is 3. The quantitative estimate of drug-likeness (QED) is 0.273. The largest absolute Gasteiger partial charge is 0.326 e. The van der Waals surface area contributed by atoms with Gasteiger partial charge in [-0.1, -0.05) is 38.5 Å². The highest BCUT2D eigenvalue weighted by atomic mass is 32.2. The number of carbonyl (C=O) groups is 1. The lowest BCUT2D eigenvalue weighted by Gasteiger charge is -2.10. The summed E-state index contributed by atoms with van der Waals surface area (Å²) in [5, 5.41) is 3.02. The molecule has 1 heterocycles. The number of thioether (sulfide) groups is 1. The predicted octanol–water partition coefficient (Wildman–Crippen LogP) is 7.11. The summed E-state index contributed by atoms with van der Waals surface area (Å²) in [7, 11) is 0. The Kier molecular flexibility index (Phi) is 7.50. The Morgan fingerprint density at radius 3 is 2.45 bits per heavy atom. The van der Waals surface area contributed by atoms with E-state index in [0.717, 1.165) is 53.3 Å². The fourth-order valence-electron chi connectivity index (χ4n) is 3.96. The zero-order valence-corrected chi connectivity index (χ0v) is 20.4. The molecule has 0 radical (unpaired) electrons. The van der Waals surface area contributed by atoms with E-state index in [-0.39, 0.29) is 5.91 Å². The van der Waals surface area contributed by atoms with Crippen LogP contribution < -0.4 is 5.32 Å². The van der Waals surface area contributed by atoms with E-state index in [2.05, 4.69) is 61.0 Å². The maximum atomic E-state index is 12.5. The first kappa shape index (κ1) is 23.1. The van der Waals surface area contributed by atoms with Crippen LogP contribution in [0.5, 0.6) is 0 Å². The topological polar surface area (TPSA) is 46.9 Å². The minimum atomic E-state index is -0.00990. The third-order valence-corrected chi connectivity index (χ3v) is 6.56. The van der Waals surface area contributed by atoms with Gasteiger partial charge < -0.3 is 9.88 Å². The number of carbonyl (C=O) groups excluding carboxylic acids is 1. The van der Waals surface area contributed by atoms with Crippen molar-refractivity contribution < 1.29 is 4.79 Å². The number of hydrogen-bond donors (Lipinski definition) is 1. The molecule has 0 aliphatic heterocycles. The molecule has 4 nitrogen and oxygen atoms in total. The molecule has 0 aliphatic carbocycles. The van der Waals surface area contributed by atoms with E-state index in [1.54, 1.807) is 11.8 Å². The van der Waals surface area contributed by atoms with Gasteiger partial charge in [0.2, 0.25) is 5.91 Å². The van der Waals surface area contributed by atoms with Gasteiger partial charge in [0.15, 0.2) is 0 Å². The van der Waals surface area contributed by atoms with E-state index in [1.165, 1.54) is 16.0 Å². The molecule has 170 valence electrons. The van der Waals surface area contributed by atoms with Gasteiger partial charge in [-0.25, -0.2) is 4.98 Å². The second-order valence-electron chi connectivity index (χ2n) is 8.31. The Morgan fingerprint density at radius 2 is 1.76 bits per heavy atom. The number of aryl methyl sites for hydroxylation is 2. The van der Waals surface area contributed by atoms with Crippen LogP contribution in [0.4, 0.5) is 5.69 Å². The van der Waals surface area contributed by atoms with Crippen molar-refractivity contribution in [1.82, 2.24) is 9.55 Å². The summed E-state index contributed by atoms with van der Waals surface area (Å²) in [6.45, 7) is 7.41. The lowest BCUT2D eigenvalue weighted by molar-refractivity contribution is -0.115. The molecule has 4 rings (SSSR count). The molecular weight excluding hydrogens is 426 g/mol. The van der Waals surface area contributed by atoms with Crippen LogP contribution in [0, 0.1) is 6.92 Å². The van der Waals surface area contributed by atoms with Crippen molar-refractivity contribution in [2.45, 2.75) is 51.5 Å². The van der Waals surface area contributed by atoms with Crippen molar-refractivity contribution in [1.29, 1.82) is 0 Å². The Balaban J connectivity index is 1.49. The molecule has 0 atom stereocenters. The highest BCUT2D eigenvalue weighted by Gasteiger charge is 2.13. The number of unbranched alkanes of at least 4 members (excludes halogenated alkanes) is 1. The normalized spacial score (nSPS) is 11.1. The molecule has 0 bridgehead atoms. The lowest BCUT2D eigenvalue weighted by atomic mass is 10.1. The number of imidazole rings is 1. The van der Waals surface area contributed by atoms with Crippen molar-refractivity contribution in [3.63, 3.8) is 0 Å². The van der Waals surface area contributed by atoms with Crippen molar-refractivity contribution >= 4 is 34.4 Å². The van der Waals surface area contributed by atoms with E-state index in [9.17, 15) is 4.79 Å². The zero-order valence-electron chi connectivity index (χ0n) is 19.6. The second-order valence-corrected chi connectivity index (χ2v) is 9.65. The second kappa shape index (κ2) is 10.7. The van der Waals surface area contributed by atoms with Gasteiger partial charge in [0.1, 0.15) is 5.82 Å². The summed E-state index contributed by atoms with van der Waals surface area (Å²) in [6, 6.07) is 22.7. The van der Waals surface area contributed by atoms with Crippen molar-refractivity contribution in [2.75, 3.05) is 11.1 Å². The summed E-state index contributed by atoms with van der Waals surface area (Å²) in [5.74, 6) is 2.01. The standard InChI is InChI=1S/C28H31N3OS/c1-4-6-17-31-26-18-20(3)7-16-25(26)30-28(31)22-10-12-23(13-11-22)29-27(32)19-21-8-14-24(15-9-21)33-5-2/h7-16,18H,4-6,17,19H2,1-3H3,(H,29,32).